The molecule has 0 aromatic heterocycles. The van der Waals surface area contributed by atoms with Crippen LogP contribution in [0.15, 0.2) is 0 Å². The Morgan fingerprint density at radius 1 is 1.35 bits per heavy atom. The average molecular weight is 242 g/mol. The lowest BCUT2D eigenvalue weighted by Gasteiger charge is -2.22. The molecule has 0 unspecified atom stereocenters. The molecule has 1 rings (SSSR count). The third kappa shape index (κ3) is 5.04. The number of esters is 1. The number of nitrogens with zero attached hydrogens (tertiary/aromatic N) is 1. The molecule has 1 N–H and O–H groups in total. The summed E-state index contributed by atoms with van der Waals surface area (Å²) in [5.74, 6) is -0.149. The van der Waals surface area contributed by atoms with E-state index in [-0.39, 0.29) is 5.97 Å². The molecule has 0 aliphatic carbocycles. The van der Waals surface area contributed by atoms with Crippen molar-refractivity contribution in [1.82, 2.24) is 10.2 Å². The van der Waals surface area contributed by atoms with Crippen LogP contribution in [0, 0.1) is 5.41 Å². The van der Waals surface area contributed by atoms with E-state index in [1.165, 1.54) is 39.6 Å². The largest absolute Gasteiger partial charge is 0.469 e. The van der Waals surface area contributed by atoms with E-state index >= 15 is 0 Å². The topological polar surface area (TPSA) is 41.6 Å². The zero-order valence-electron chi connectivity index (χ0n) is 11.4. The molecular formula is C13H26N2O2. The van der Waals surface area contributed by atoms with Crippen molar-refractivity contribution in [3.8, 4) is 0 Å². The van der Waals surface area contributed by atoms with Crippen LogP contribution in [-0.2, 0) is 9.53 Å². The third-order valence-electron chi connectivity index (χ3n) is 3.33. The summed E-state index contributed by atoms with van der Waals surface area (Å²) in [7, 11) is 1.44. The van der Waals surface area contributed by atoms with Crippen molar-refractivity contribution in [2.24, 2.45) is 5.41 Å². The van der Waals surface area contributed by atoms with Gasteiger partial charge < -0.3 is 15.0 Å². The van der Waals surface area contributed by atoms with Gasteiger partial charge in [-0.3, -0.25) is 4.79 Å². The highest BCUT2D eigenvalue weighted by Crippen LogP contribution is 2.15. The summed E-state index contributed by atoms with van der Waals surface area (Å²) in [5.41, 5.74) is -0.428. The number of ether oxygens (including phenoxy) is 1. The summed E-state index contributed by atoms with van der Waals surface area (Å²) >= 11 is 0. The van der Waals surface area contributed by atoms with Gasteiger partial charge in [0.1, 0.15) is 0 Å². The minimum Gasteiger partial charge on any atom is -0.469 e. The Labute approximate surface area is 105 Å². The molecule has 0 radical (unpaired) electrons. The molecule has 1 aliphatic heterocycles. The molecule has 0 amide bonds. The molecular weight excluding hydrogens is 216 g/mol. The van der Waals surface area contributed by atoms with Crippen LogP contribution < -0.4 is 5.32 Å². The van der Waals surface area contributed by atoms with Crippen molar-refractivity contribution in [3.63, 3.8) is 0 Å². The molecule has 100 valence electrons. The van der Waals surface area contributed by atoms with E-state index in [2.05, 4.69) is 10.2 Å². The van der Waals surface area contributed by atoms with E-state index in [0.717, 1.165) is 13.0 Å². The lowest BCUT2D eigenvalue weighted by atomic mass is 9.94. The van der Waals surface area contributed by atoms with Crippen LogP contribution in [0.2, 0.25) is 0 Å². The van der Waals surface area contributed by atoms with Gasteiger partial charge in [0.2, 0.25) is 0 Å². The number of nitrogens with one attached hydrogen (secondary N) is 1. The first-order valence-corrected chi connectivity index (χ1v) is 6.58. The van der Waals surface area contributed by atoms with E-state index in [1.807, 2.05) is 13.8 Å². The molecule has 0 spiro atoms. The van der Waals surface area contributed by atoms with Gasteiger partial charge in [0.05, 0.1) is 12.5 Å². The Hall–Kier alpha value is -0.610. The van der Waals surface area contributed by atoms with Crippen LogP contribution in [-0.4, -0.2) is 50.7 Å². The SMILES string of the molecule is COC(=O)C(C)(C)CNCCCN1CCCC1. The fourth-order valence-electron chi connectivity index (χ4n) is 2.18. The molecule has 4 nitrogen and oxygen atoms in total. The molecule has 4 heteroatoms. The van der Waals surface area contributed by atoms with Gasteiger partial charge in [-0.2, -0.15) is 0 Å². The maximum atomic E-state index is 11.4. The van der Waals surface area contributed by atoms with Crippen molar-refractivity contribution in [3.05, 3.63) is 0 Å². The second-order valence-electron chi connectivity index (χ2n) is 5.45. The normalized spacial score (nSPS) is 17.4. The molecule has 0 atom stereocenters. The number of carbonyl (C=O) groups excluding carboxylic acids is 1. The highest BCUT2D eigenvalue weighted by atomic mass is 16.5. The second-order valence-corrected chi connectivity index (χ2v) is 5.45. The minimum absolute atomic E-state index is 0.149. The number of methoxy groups -OCH3 is 1. The molecule has 0 aromatic rings. The van der Waals surface area contributed by atoms with Gasteiger partial charge >= 0.3 is 5.97 Å². The first-order valence-electron chi connectivity index (χ1n) is 6.58. The van der Waals surface area contributed by atoms with E-state index in [9.17, 15) is 4.79 Å². The third-order valence-corrected chi connectivity index (χ3v) is 3.33. The molecule has 1 fully saturated rings. The Kier molecular flexibility index (Phi) is 5.92. The lowest BCUT2D eigenvalue weighted by molar-refractivity contribution is -0.150. The van der Waals surface area contributed by atoms with Crippen molar-refractivity contribution in [1.29, 1.82) is 0 Å². The fourth-order valence-corrected chi connectivity index (χ4v) is 2.18. The molecule has 0 bridgehead atoms. The maximum Gasteiger partial charge on any atom is 0.312 e. The highest BCUT2D eigenvalue weighted by Gasteiger charge is 2.27. The monoisotopic (exact) mass is 242 g/mol. The molecule has 1 saturated heterocycles. The number of hydrogen-bond acceptors (Lipinski definition) is 4. The van der Waals surface area contributed by atoms with E-state index in [1.54, 1.807) is 0 Å². The van der Waals surface area contributed by atoms with Crippen LogP contribution >= 0.6 is 0 Å². The van der Waals surface area contributed by atoms with Crippen LogP contribution in [0.1, 0.15) is 33.1 Å². The summed E-state index contributed by atoms with van der Waals surface area (Å²) < 4.78 is 4.77. The van der Waals surface area contributed by atoms with Gasteiger partial charge in [-0.25, -0.2) is 0 Å². The van der Waals surface area contributed by atoms with Gasteiger partial charge in [-0.05, 0) is 59.3 Å². The van der Waals surface area contributed by atoms with Crippen LogP contribution in [0.25, 0.3) is 0 Å². The number of rotatable bonds is 7. The molecule has 0 aromatic carbocycles. The molecule has 1 aliphatic rings. The Morgan fingerprint density at radius 3 is 2.59 bits per heavy atom. The predicted molar refractivity (Wildman–Crippen MR) is 69.0 cm³/mol. The van der Waals surface area contributed by atoms with Gasteiger partial charge in [-0.15, -0.1) is 0 Å². The summed E-state index contributed by atoms with van der Waals surface area (Å²) in [4.78, 5) is 13.9. The summed E-state index contributed by atoms with van der Waals surface area (Å²) in [6.45, 7) is 9.15. The van der Waals surface area contributed by atoms with E-state index in [0.29, 0.717) is 6.54 Å². The van der Waals surface area contributed by atoms with Gasteiger partial charge in [0.25, 0.3) is 0 Å². The average Bonchev–Trinajstić information content (AvgIpc) is 2.80. The van der Waals surface area contributed by atoms with Crippen molar-refractivity contribution < 1.29 is 9.53 Å². The van der Waals surface area contributed by atoms with Crippen LogP contribution in [0.4, 0.5) is 0 Å². The first kappa shape index (κ1) is 14.5. The summed E-state index contributed by atoms with van der Waals surface area (Å²) in [6, 6.07) is 0. The first-order chi connectivity index (χ1) is 8.06. The molecule has 0 saturated carbocycles. The fraction of sp³-hybridized carbons (Fsp3) is 0.923. The Bertz CT molecular complexity index is 236. The quantitative estimate of drug-likeness (QED) is 0.539. The van der Waals surface area contributed by atoms with Crippen LogP contribution in [0.3, 0.4) is 0 Å². The summed E-state index contributed by atoms with van der Waals surface area (Å²) in [5, 5.41) is 3.34. The molecule has 1 heterocycles. The van der Waals surface area contributed by atoms with Crippen molar-refractivity contribution in [2.75, 3.05) is 39.8 Å². The number of likely N-dealkylation sites (tertiary alicyclic amines) is 1. The van der Waals surface area contributed by atoms with Crippen molar-refractivity contribution >= 4 is 5.97 Å². The summed E-state index contributed by atoms with van der Waals surface area (Å²) in [6.07, 6.45) is 3.85. The van der Waals surface area contributed by atoms with Gasteiger partial charge in [0, 0.05) is 6.54 Å². The maximum absolute atomic E-state index is 11.4. The standard InChI is InChI=1S/C13H26N2O2/c1-13(2,12(16)17-3)11-14-7-6-10-15-8-4-5-9-15/h14H,4-11H2,1-3H3. The zero-order chi connectivity index (χ0) is 12.7. The minimum atomic E-state index is -0.428. The van der Waals surface area contributed by atoms with E-state index < -0.39 is 5.41 Å². The van der Waals surface area contributed by atoms with Gasteiger partial charge in [-0.1, -0.05) is 0 Å². The Balaban J connectivity index is 2.04. The number of hydrogen-bond donors (Lipinski definition) is 1. The second kappa shape index (κ2) is 6.97. The molecule has 17 heavy (non-hydrogen) atoms. The van der Waals surface area contributed by atoms with E-state index in [4.69, 9.17) is 4.74 Å². The van der Waals surface area contributed by atoms with Crippen LogP contribution in [0.5, 0.6) is 0 Å². The zero-order valence-corrected chi connectivity index (χ0v) is 11.4. The predicted octanol–water partition coefficient (Wildman–Crippen LogP) is 1.26. The highest BCUT2D eigenvalue weighted by molar-refractivity contribution is 5.76. The van der Waals surface area contributed by atoms with Crippen molar-refractivity contribution in [2.45, 2.75) is 33.1 Å². The smallest absolute Gasteiger partial charge is 0.312 e. The van der Waals surface area contributed by atoms with Gasteiger partial charge in [0.15, 0.2) is 0 Å². The Morgan fingerprint density at radius 2 is 2.00 bits per heavy atom. The number of carbonyl (C=O) groups is 1. The lowest BCUT2D eigenvalue weighted by Crippen LogP contribution is -2.37.